The third-order valence-corrected chi connectivity index (χ3v) is 3.41. The van der Waals surface area contributed by atoms with E-state index >= 15 is 0 Å². The molecule has 4 rings (SSSR count). The minimum absolute atomic E-state index is 0.279. The van der Waals surface area contributed by atoms with Gasteiger partial charge in [-0.2, -0.15) is 4.98 Å². The van der Waals surface area contributed by atoms with Crippen molar-refractivity contribution in [3.63, 3.8) is 0 Å². The van der Waals surface area contributed by atoms with E-state index < -0.39 is 0 Å². The molecule has 1 fully saturated rings. The lowest BCUT2D eigenvalue weighted by Crippen LogP contribution is -2.07. The first-order valence-electron chi connectivity index (χ1n) is 7.05. The summed E-state index contributed by atoms with van der Waals surface area (Å²) >= 11 is 0. The van der Waals surface area contributed by atoms with Gasteiger partial charge in [0.1, 0.15) is 5.82 Å². The largest absolute Gasteiger partial charge is 0.454 e. The summed E-state index contributed by atoms with van der Waals surface area (Å²) in [5.41, 5.74) is 1.84. The third kappa shape index (κ3) is 2.69. The zero-order chi connectivity index (χ0) is 14.2. The molecule has 2 N–H and O–H groups in total. The fraction of sp³-hybridized carbons (Fsp3) is 0.333. The number of hydrogen-bond donors (Lipinski definition) is 2. The fourth-order valence-electron chi connectivity index (χ4n) is 2.23. The van der Waals surface area contributed by atoms with Gasteiger partial charge in [-0.15, -0.1) is 0 Å². The molecule has 1 aromatic carbocycles. The van der Waals surface area contributed by atoms with E-state index in [0.717, 1.165) is 28.7 Å². The summed E-state index contributed by atoms with van der Waals surface area (Å²) in [6, 6.07) is 8.20. The van der Waals surface area contributed by atoms with Crippen LogP contribution in [0.5, 0.6) is 11.5 Å². The maximum atomic E-state index is 5.38. The lowest BCUT2D eigenvalue weighted by molar-refractivity contribution is 0.174. The average Bonchev–Trinajstić information content (AvgIpc) is 3.13. The Balaban J connectivity index is 1.56. The van der Waals surface area contributed by atoms with E-state index in [1.807, 2.05) is 31.2 Å². The van der Waals surface area contributed by atoms with Gasteiger partial charge in [0.05, 0.1) is 0 Å². The van der Waals surface area contributed by atoms with Crippen molar-refractivity contribution >= 4 is 17.5 Å². The summed E-state index contributed by atoms with van der Waals surface area (Å²) in [5, 5.41) is 6.60. The number of hydrogen-bond acceptors (Lipinski definition) is 6. The van der Waals surface area contributed by atoms with Crippen molar-refractivity contribution in [2.75, 3.05) is 17.4 Å². The molecule has 2 heterocycles. The predicted octanol–water partition coefficient (Wildman–Crippen LogP) is 2.83. The number of ether oxygens (including phenoxy) is 2. The van der Waals surface area contributed by atoms with Gasteiger partial charge in [-0.05, 0) is 31.9 Å². The van der Waals surface area contributed by atoms with Crippen molar-refractivity contribution in [3.05, 3.63) is 30.0 Å². The van der Waals surface area contributed by atoms with Gasteiger partial charge in [-0.1, -0.05) is 0 Å². The molecule has 2 aliphatic rings. The molecule has 1 saturated carbocycles. The first kappa shape index (κ1) is 12.3. The second kappa shape index (κ2) is 4.80. The van der Waals surface area contributed by atoms with Crippen molar-refractivity contribution in [2.24, 2.45) is 0 Å². The van der Waals surface area contributed by atoms with Crippen LogP contribution in [0.3, 0.4) is 0 Å². The van der Waals surface area contributed by atoms with Gasteiger partial charge in [0.25, 0.3) is 0 Å². The zero-order valence-corrected chi connectivity index (χ0v) is 11.7. The fourth-order valence-corrected chi connectivity index (χ4v) is 2.23. The molecule has 0 unspecified atom stereocenters. The van der Waals surface area contributed by atoms with E-state index in [2.05, 4.69) is 20.6 Å². The van der Waals surface area contributed by atoms with Crippen LogP contribution >= 0.6 is 0 Å². The standard InChI is InChI=1S/C15H16N4O2/c1-9-6-14(19-15(16-9)18-10-2-3-10)17-11-4-5-12-13(7-11)21-8-20-12/h4-7,10H,2-3,8H2,1H3,(H2,16,17,18,19). The van der Waals surface area contributed by atoms with Gasteiger partial charge in [0.15, 0.2) is 11.5 Å². The SMILES string of the molecule is Cc1cc(Nc2ccc3c(c2)OCO3)nc(NC2CC2)n1. The van der Waals surface area contributed by atoms with Gasteiger partial charge in [-0.3, -0.25) is 0 Å². The van der Waals surface area contributed by atoms with Crippen LogP contribution in [-0.2, 0) is 0 Å². The summed E-state index contributed by atoms with van der Waals surface area (Å²) in [7, 11) is 0. The molecule has 21 heavy (non-hydrogen) atoms. The van der Waals surface area contributed by atoms with E-state index in [9.17, 15) is 0 Å². The zero-order valence-electron chi connectivity index (χ0n) is 11.7. The van der Waals surface area contributed by atoms with E-state index in [1.165, 1.54) is 12.8 Å². The van der Waals surface area contributed by atoms with Gasteiger partial charge in [-0.25, -0.2) is 4.98 Å². The topological polar surface area (TPSA) is 68.3 Å². The summed E-state index contributed by atoms with van der Waals surface area (Å²) < 4.78 is 10.7. The first-order valence-corrected chi connectivity index (χ1v) is 7.05. The smallest absolute Gasteiger partial charge is 0.231 e. The molecule has 1 aromatic heterocycles. The Morgan fingerprint density at radius 1 is 1.10 bits per heavy atom. The Kier molecular flexibility index (Phi) is 2.80. The highest BCUT2D eigenvalue weighted by molar-refractivity contribution is 5.62. The highest BCUT2D eigenvalue weighted by atomic mass is 16.7. The highest BCUT2D eigenvalue weighted by Gasteiger charge is 2.22. The Hall–Kier alpha value is -2.50. The molecule has 2 aromatic rings. The molecule has 0 radical (unpaired) electrons. The number of aromatic nitrogens is 2. The second-order valence-electron chi connectivity index (χ2n) is 5.33. The van der Waals surface area contributed by atoms with Crippen LogP contribution in [0.4, 0.5) is 17.5 Å². The predicted molar refractivity (Wildman–Crippen MR) is 79.3 cm³/mol. The number of nitrogens with one attached hydrogen (secondary N) is 2. The van der Waals surface area contributed by atoms with Gasteiger partial charge in [0, 0.05) is 29.6 Å². The number of rotatable bonds is 4. The molecule has 6 nitrogen and oxygen atoms in total. The number of anilines is 3. The Morgan fingerprint density at radius 3 is 2.81 bits per heavy atom. The molecule has 1 aliphatic carbocycles. The van der Waals surface area contributed by atoms with Crippen molar-refractivity contribution < 1.29 is 9.47 Å². The summed E-state index contributed by atoms with van der Waals surface area (Å²) in [6.07, 6.45) is 2.39. The van der Waals surface area contributed by atoms with E-state index in [0.29, 0.717) is 12.0 Å². The van der Waals surface area contributed by atoms with Gasteiger partial charge in [0.2, 0.25) is 12.7 Å². The first-order chi connectivity index (χ1) is 10.3. The van der Waals surface area contributed by atoms with Crippen LogP contribution in [0.15, 0.2) is 24.3 Å². The third-order valence-electron chi connectivity index (χ3n) is 3.41. The quantitative estimate of drug-likeness (QED) is 0.899. The molecule has 0 bridgehead atoms. The molecule has 108 valence electrons. The van der Waals surface area contributed by atoms with Gasteiger partial charge >= 0.3 is 0 Å². The lowest BCUT2D eigenvalue weighted by Gasteiger charge is -2.10. The van der Waals surface area contributed by atoms with Crippen molar-refractivity contribution in [1.82, 2.24) is 9.97 Å². The van der Waals surface area contributed by atoms with Crippen LogP contribution < -0.4 is 20.1 Å². The normalized spacial score (nSPS) is 15.9. The van der Waals surface area contributed by atoms with Crippen LogP contribution in [0.25, 0.3) is 0 Å². The molecule has 6 heteroatoms. The van der Waals surface area contributed by atoms with Gasteiger partial charge < -0.3 is 20.1 Å². The number of fused-ring (bicyclic) bond motifs is 1. The maximum absolute atomic E-state index is 5.38. The maximum Gasteiger partial charge on any atom is 0.231 e. The summed E-state index contributed by atoms with van der Waals surface area (Å²) in [6.45, 7) is 2.24. The Labute approximate surface area is 122 Å². The van der Waals surface area contributed by atoms with E-state index in [-0.39, 0.29) is 6.79 Å². The highest BCUT2D eigenvalue weighted by Crippen LogP contribution is 2.35. The van der Waals surface area contributed by atoms with Crippen molar-refractivity contribution in [3.8, 4) is 11.5 Å². The molecular formula is C15H16N4O2. The van der Waals surface area contributed by atoms with Crippen LogP contribution in [0.1, 0.15) is 18.5 Å². The molecule has 0 amide bonds. The molecule has 1 aliphatic heterocycles. The van der Waals surface area contributed by atoms with E-state index in [4.69, 9.17) is 9.47 Å². The van der Waals surface area contributed by atoms with Crippen LogP contribution in [-0.4, -0.2) is 22.8 Å². The van der Waals surface area contributed by atoms with Crippen molar-refractivity contribution in [2.45, 2.75) is 25.8 Å². The Morgan fingerprint density at radius 2 is 1.95 bits per heavy atom. The number of aryl methyl sites for hydroxylation is 1. The average molecular weight is 284 g/mol. The molecule has 0 saturated heterocycles. The van der Waals surface area contributed by atoms with Crippen LogP contribution in [0, 0.1) is 6.92 Å². The second-order valence-corrected chi connectivity index (χ2v) is 5.33. The summed E-state index contributed by atoms with van der Waals surface area (Å²) in [5.74, 6) is 2.97. The minimum Gasteiger partial charge on any atom is -0.454 e. The lowest BCUT2D eigenvalue weighted by atomic mass is 10.2. The van der Waals surface area contributed by atoms with E-state index in [1.54, 1.807) is 0 Å². The monoisotopic (exact) mass is 284 g/mol. The summed E-state index contributed by atoms with van der Waals surface area (Å²) in [4.78, 5) is 8.90. The molecular weight excluding hydrogens is 268 g/mol. The molecule has 0 spiro atoms. The minimum atomic E-state index is 0.279. The number of benzene rings is 1. The van der Waals surface area contributed by atoms with Crippen LogP contribution in [0.2, 0.25) is 0 Å². The molecule has 0 atom stereocenters. The Bertz CT molecular complexity index is 685. The van der Waals surface area contributed by atoms with Crippen molar-refractivity contribution in [1.29, 1.82) is 0 Å². The number of nitrogens with zero attached hydrogens (tertiary/aromatic N) is 2.